The number of carbonyl (C=O) groups is 2. The van der Waals surface area contributed by atoms with Crippen LogP contribution in [0.3, 0.4) is 0 Å². The number of thioether (sulfide) groups is 1. The molecule has 28 heteroatoms. The van der Waals surface area contributed by atoms with E-state index < -0.39 is 78.6 Å². The van der Waals surface area contributed by atoms with Crippen LogP contribution in [0.5, 0.6) is 0 Å². The molecule has 0 saturated carbocycles. The van der Waals surface area contributed by atoms with Gasteiger partial charge in [0.25, 0.3) is 0 Å². The smallest absolute Gasteiger partial charge is 0.393 e. The maximum absolute atomic E-state index is 12.7. The van der Waals surface area contributed by atoms with Crippen LogP contribution in [-0.2, 0) is 45.9 Å². The van der Waals surface area contributed by atoms with E-state index in [1.54, 1.807) is 11.8 Å². The van der Waals surface area contributed by atoms with E-state index in [0.717, 1.165) is 42.2 Å². The third kappa shape index (κ3) is 17.3. The minimum atomic E-state index is -5.56. The number of nitrogens with zero attached hydrogens (tertiary/aromatic N) is 4. The summed E-state index contributed by atoms with van der Waals surface area (Å²) in [6.07, 6.45) is 0.0220. The number of ether oxygens (including phenoxy) is 1. The molecule has 59 heavy (non-hydrogen) atoms. The van der Waals surface area contributed by atoms with Gasteiger partial charge in [-0.2, -0.15) is 16.1 Å². The van der Waals surface area contributed by atoms with Gasteiger partial charge < -0.3 is 56.0 Å². The number of nitrogens with two attached hydrogens (primary N) is 1. The molecule has 1 saturated heterocycles. The van der Waals surface area contributed by atoms with E-state index in [1.165, 1.54) is 33.1 Å². The summed E-state index contributed by atoms with van der Waals surface area (Å²) in [5.74, 6) is 0.0597. The molecule has 0 aliphatic carbocycles. The number of aromatic nitrogens is 4. The maximum Gasteiger partial charge on any atom is 0.481 e. The highest BCUT2D eigenvalue weighted by Crippen LogP contribution is 2.61. The molecule has 0 bridgehead atoms. The standard InChI is InChI=1S/C31H56N7O17P3S/c1-4-5-6-7-8-9-20(39)11-14-59-15-13-33-22(40)10-12-34-29(43)26(42)31(2,3)17-52-58(49,50)55-57(47,48)51-16-21-25(54-56(44,45)46)24(41)30(53-21)38-19-37-23-27(32)35-18-36-28(23)38/h18-21,24-26,30,39,41-42H,4-17H2,1-3H3,(H,33,40)(H,34,43)(H,47,48)(H,49,50)(H2,32,35,36)(H2,44,45,46)/t20?,21-,24-,25-,26+,30-/m1/s1. The fraction of sp³-hybridized carbons (Fsp3) is 0.774. The monoisotopic (exact) mass is 923 g/mol. The first kappa shape index (κ1) is 51.2. The Morgan fingerprint density at radius 2 is 1.68 bits per heavy atom. The Labute approximate surface area is 344 Å². The van der Waals surface area contributed by atoms with Gasteiger partial charge >= 0.3 is 23.5 Å². The number of rotatable bonds is 28. The molecule has 0 aromatic carbocycles. The van der Waals surface area contributed by atoms with Crippen LogP contribution in [0.2, 0.25) is 0 Å². The van der Waals surface area contributed by atoms with Crippen LogP contribution in [-0.4, -0.2) is 135 Å². The third-order valence-electron chi connectivity index (χ3n) is 8.88. The molecule has 3 rings (SSSR count). The first-order valence-electron chi connectivity index (χ1n) is 18.7. The number of nitrogens with one attached hydrogen (secondary N) is 2. The Balaban J connectivity index is 1.41. The minimum absolute atomic E-state index is 0.0360. The summed E-state index contributed by atoms with van der Waals surface area (Å²) in [5.41, 5.74) is 4.30. The summed E-state index contributed by atoms with van der Waals surface area (Å²) in [7, 11) is -16.4. The third-order valence-corrected chi connectivity index (χ3v) is 13.0. The van der Waals surface area contributed by atoms with Crippen molar-refractivity contribution in [1.82, 2.24) is 30.2 Å². The molecule has 338 valence electrons. The summed E-state index contributed by atoms with van der Waals surface area (Å²) in [6.45, 7) is 2.94. The van der Waals surface area contributed by atoms with Crippen LogP contribution in [0.15, 0.2) is 12.7 Å². The number of anilines is 1. The Hall–Kier alpha value is -2.15. The predicted molar refractivity (Wildman–Crippen MR) is 211 cm³/mol. The van der Waals surface area contributed by atoms with Gasteiger partial charge in [-0.3, -0.25) is 27.7 Å². The van der Waals surface area contributed by atoms with Crippen LogP contribution in [0.1, 0.15) is 78.4 Å². The van der Waals surface area contributed by atoms with Crippen molar-refractivity contribution in [2.24, 2.45) is 5.41 Å². The van der Waals surface area contributed by atoms with Crippen LogP contribution in [0, 0.1) is 5.41 Å². The number of hydrogen-bond acceptors (Lipinski definition) is 18. The lowest BCUT2D eigenvalue weighted by Crippen LogP contribution is -2.46. The summed E-state index contributed by atoms with van der Waals surface area (Å²) >= 11 is 1.60. The molecule has 3 unspecified atom stereocenters. The average Bonchev–Trinajstić information content (AvgIpc) is 3.70. The Morgan fingerprint density at radius 3 is 2.37 bits per heavy atom. The summed E-state index contributed by atoms with van der Waals surface area (Å²) in [6, 6.07) is 0. The molecule has 2 aromatic heterocycles. The van der Waals surface area contributed by atoms with Crippen molar-refractivity contribution in [2.75, 3.05) is 43.5 Å². The topological polar surface area (TPSA) is 367 Å². The second-order valence-electron chi connectivity index (χ2n) is 14.3. The fourth-order valence-electron chi connectivity index (χ4n) is 5.65. The molecule has 2 amide bonds. The van der Waals surface area contributed by atoms with Gasteiger partial charge in [0.1, 0.15) is 36.3 Å². The van der Waals surface area contributed by atoms with E-state index in [1.807, 2.05) is 0 Å². The molecule has 3 heterocycles. The number of aliphatic hydroxyl groups is 3. The van der Waals surface area contributed by atoms with E-state index in [4.69, 9.17) is 19.5 Å². The number of phosphoric acid groups is 3. The van der Waals surface area contributed by atoms with Gasteiger partial charge in [-0.05, 0) is 18.6 Å². The van der Waals surface area contributed by atoms with Gasteiger partial charge in [0.15, 0.2) is 17.7 Å². The molecule has 11 N–H and O–H groups in total. The van der Waals surface area contributed by atoms with Gasteiger partial charge in [0.2, 0.25) is 11.8 Å². The molecular weight excluding hydrogens is 867 g/mol. The van der Waals surface area contributed by atoms with Crippen molar-refractivity contribution in [3.8, 4) is 0 Å². The number of fused-ring (bicyclic) bond motifs is 1. The lowest BCUT2D eigenvalue weighted by atomic mass is 9.87. The number of hydrogen-bond donors (Lipinski definition) is 10. The van der Waals surface area contributed by atoms with E-state index in [0.29, 0.717) is 18.7 Å². The van der Waals surface area contributed by atoms with E-state index in [-0.39, 0.29) is 42.0 Å². The molecule has 8 atom stereocenters. The van der Waals surface area contributed by atoms with Gasteiger partial charge in [-0.25, -0.2) is 28.6 Å². The molecule has 0 spiro atoms. The molecule has 2 aromatic rings. The average molecular weight is 924 g/mol. The first-order chi connectivity index (χ1) is 27.6. The predicted octanol–water partition coefficient (Wildman–Crippen LogP) is 1.25. The van der Waals surface area contributed by atoms with Crippen LogP contribution >= 0.6 is 35.2 Å². The van der Waals surface area contributed by atoms with E-state index >= 15 is 0 Å². The molecule has 1 aliphatic rings. The molecule has 1 aliphatic heterocycles. The normalized spacial score (nSPS) is 21.8. The quantitative estimate of drug-likeness (QED) is 0.0424. The largest absolute Gasteiger partial charge is 0.481 e. The van der Waals surface area contributed by atoms with E-state index in [2.05, 4.69) is 41.3 Å². The SMILES string of the molecule is CCCCCCCC(O)CCSCCNC(=O)CCNC(=O)[C@H](O)C(C)(C)COP(=O)(O)OP(=O)(O)OC[C@H]1O[C@@H](n2cnc3c(N)ncnc32)[C@H](O)[C@@H]1OP(=O)(O)O. The molecular formula is C31H56N7O17P3S. The summed E-state index contributed by atoms with van der Waals surface area (Å²) in [4.78, 5) is 75.8. The van der Waals surface area contributed by atoms with Gasteiger partial charge in [0.05, 0.1) is 25.6 Å². The van der Waals surface area contributed by atoms with Gasteiger partial charge in [-0.15, -0.1) is 0 Å². The highest BCUT2D eigenvalue weighted by atomic mass is 32.2. The zero-order valence-electron chi connectivity index (χ0n) is 32.8. The number of aliphatic hydroxyl groups excluding tert-OH is 3. The van der Waals surface area contributed by atoms with E-state index in [9.17, 15) is 58.2 Å². The Morgan fingerprint density at radius 1 is 0.983 bits per heavy atom. The second-order valence-corrected chi connectivity index (χ2v) is 19.8. The van der Waals surface area contributed by atoms with Crippen molar-refractivity contribution >= 4 is 64.0 Å². The zero-order chi connectivity index (χ0) is 44.0. The number of amides is 2. The minimum Gasteiger partial charge on any atom is -0.393 e. The van der Waals surface area contributed by atoms with Gasteiger partial charge in [-0.1, -0.05) is 52.9 Å². The van der Waals surface area contributed by atoms with Crippen molar-refractivity contribution in [2.45, 2.75) is 109 Å². The Bertz CT molecular complexity index is 1810. The highest BCUT2D eigenvalue weighted by molar-refractivity contribution is 7.99. The lowest BCUT2D eigenvalue weighted by Gasteiger charge is -2.30. The fourth-order valence-corrected chi connectivity index (χ4v) is 9.37. The molecule has 24 nitrogen and oxygen atoms in total. The Kier molecular flexibility index (Phi) is 20.3. The molecule has 0 radical (unpaired) electrons. The lowest BCUT2D eigenvalue weighted by molar-refractivity contribution is -0.137. The number of imidazole rings is 1. The highest BCUT2D eigenvalue weighted by Gasteiger charge is 2.50. The molecule has 1 fully saturated rings. The van der Waals surface area contributed by atoms with Crippen molar-refractivity contribution in [3.63, 3.8) is 0 Å². The number of phosphoric ester groups is 3. The van der Waals surface area contributed by atoms with Crippen molar-refractivity contribution in [1.29, 1.82) is 0 Å². The van der Waals surface area contributed by atoms with Crippen LogP contribution in [0.4, 0.5) is 5.82 Å². The number of nitrogen functional groups attached to an aromatic ring is 1. The summed E-state index contributed by atoms with van der Waals surface area (Å²) < 4.78 is 62.3. The summed E-state index contributed by atoms with van der Waals surface area (Å²) in [5, 5.41) is 36.7. The van der Waals surface area contributed by atoms with Crippen molar-refractivity contribution < 1.29 is 80.8 Å². The van der Waals surface area contributed by atoms with Crippen LogP contribution in [0.25, 0.3) is 11.2 Å². The number of unbranched alkanes of at least 4 members (excludes halogenated alkanes) is 4. The zero-order valence-corrected chi connectivity index (χ0v) is 36.3. The van der Waals surface area contributed by atoms with Crippen LogP contribution < -0.4 is 16.4 Å². The maximum atomic E-state index is 12.7. The second kappa shape index (κ2) is 23.3. The first-order valence-corrected chi connectivity index (χ1v) is 24.4. The van der Waals surface area contributed by atoms with Gasteiger partial charge in [0, 0.05) is 30.7 Å². The number of carbonyl (C=O) groups excluding carboxylic acids is 2. The van der Waals surface area contributed by atoms with Crippen molar-refractivity contribution in [3.05, 3.63) is 12.7 Å².